The van der Waals surface area contributed by atoms with Crippen molar-refractivity contribution in [1.82, 2.24) is 20.4 Å². The van der Waals surface area contributed by atoms with Crippen LogP contribution in [0.25, 0.3) is 0 Å². The van der Waals surface area contributed by atoms with Crippen molar-refractivity contribution in [3.8, 4) is 0 Å². The zero-order chi connectivity index (χ0) is 20.8. The van der Waals surface area contributed by atoms with Crippen LogP contribution in [0.5, 0.6) is 0 Å². The molecule has 7 heteroatoms. The summed E-state index contributed by atoms with van der Waals surface area (Å²) >= 11 is 0. The Labute approximate surface area is 175 Å². The lowest BCUT2D eigenvalue weighted by atomic mass is 10.1. The molecule has 2 aromatic carbocycles. The third-order valence-corrected chi connectivity index (χ3v) is 5.21. The minimum atomic E-state index is -0.192. The fraction of sp³-hybridized carbons (Fsp3) is 0.304. The van der Waals surface area contributed by atoms with E-state index in [2.05, 4.69) is 15.5 Å². The Morgan fingerprint density at radius 1 is 1.07 bits per heavy atom. The van der Waals surface area contributed by atoms with Crippen molar-refractivity contribution < 1.29 is 14.1 Å². The quantitative estimate of drug-likeness (QED) is 0.653. The number of carbonyl (C=O) groups is 2. The molecule has 1 saturated heterocycles. The number of hydrogen-bond acceptors (Lipinski definition) is 5. The highest BCUT2D eigenvalue weighted by Crippen LogP contribution is 2.31. The number of benzene rings is 2. The maximum absolute atomic E-state index is 12.8. The average Bonchev–Trinajstić information content (AvgIpc) is 3.46. The average molecular weight is 404 g/mol. The molecule has 1 aromatic heterocycles. The van der Waals surface area contributed by atoms with Crippen LogP contribution >= 0.6 is 0 Å². The molecule has 2 amide bonds. The van der Waals surface area contributed by atoms with Crippen LogP contribution in [-0.2, 0) is 17.8 Å². The zero-order valence-corrected chi connectivity index (χ0v) is 16.7. The van der Waals surface area contributed by atoms with Gasteiger partial charge in [-0.05, 0) is 30.5 Å². The van der Waals surface area contributed by atoms with E-state index in [1.807, 2.05) is 60.7 Å². The van der Waals surface area contributed by atoms with Crippen LogP contribution in [-0.4, -0.2) is 33.4 Å². The molecule has 0 bridgehead atoms. The molecule has 30 heavy (non-hydrogen) atoms. The Morgan fingerprint density at radius 2 is 1.80 bits per heavy atom. The number of rotatable bonds is 7. The Bertz CT molecular complexity index is 988. The minimum absolute atomic E-state index is 0.0234. The SMILES string of the molecule is O=C(CCc1nc(C2CCCN2C(=O)c2ccccc2)no1)NCc1ccccc1. The van der Waals surface area contributed by atoms with Gasteiger partial charge in [-0.15, -0.1) is 0 Å². The molecular formula is C23H24N4O3. The topological polar surface area (TPSA) is 88.3 Å². The summed E-state index contributed by atoms with van der Waals surface area (Å²) in [6.07, 6.45) is 2.34. The van der Waals surface area contributed by atoms with Gasteiger partial charge in [0.05, 0.1) is 6.04 Å². The molecule has 1 aliphatic heterocycles. The second-order valence-electron chi connectivity index (χ2n) is 7.33. The summed E-state index contributed by atoms with van der Waals surface area (Å²) in [5.74, 6) is 0.834. The highest BCUT2D eigenvalue weighted by molar-refractivity contribution is 5.94. The van der Waals surface area contributed by atoms with E-state index in [0.717, 1.165) is 18.4 Å². The molecule has 4 rings (SSSR count). The van der Waals surface area contributed by atoms with Gasteiger partial charge < -0.3 is 14.7 Å². The molecular weight excluding hydrogens is 380 g/mol. The van der Waals surface area contributed by atoms with E-state index >= 15 is 0 Å². The van der Waals surface area contributed by atoms with Gasteiger partial charge in [0.25, 0.3) is 5.91 Å². The molecule has 0 aliphatic carbocycles. The van der Waals surface area contributed by atoms with Crippen LogP contribution in [0.1, 0.15) is 52.9 Å². The smallest absolute Gasteiger partial charge is 0.254 e. The molecule has 1 aliphatic rings. The highest BCUT2D eigenvalue weighted by Gasteiger charge is 2.33. The summed E-state index contributed by atoms with van der Waals surface area (Å²) in [4.78, 5) is 31.2. The summed E-state index contributed by atoms with van der Waals surface area (Å²) in [5.41, 5.74) is 1.71. The molecule has 7 nitrogen and oxygen atoms in total. The monoisotopic (exact) mass is 404 g/mol. The van der Waals surface area contributed by atoms with E-state index in [9.17, 15) is 9.59 Å². The minimum Gasteiger partial charge on any atom is -0.352 e. The van der Waals surface area contributed by atoms with Crippen molar-refractivity contribution >= 4 is 11.8 Å². The van der Waals surface area contributed by atoms with Gasteiger partial charge in [-0.2, -0.15) is 4.98 Å². The first-order chi connectivity index (χ1) is 14.7. The molecule has 1 atom stereocenters. The van der Waals surface area contributed by atoms with Gasteiger partial charge in [-0.1, -0.05) is 53.7 Å². The maximum Gasteiger partial charge on any atom is 0.254 e. The summed E-state index contributed by atoms with van der Waals surface area (Å²) in [7, 11) is 0. The number of hydrogen-bond donors (Lipinski definition) is 1. The zero-order valence-electron chi connectivity index (χ0n) is 16.7. The molecule has 0 saturated carbocycles. The second kappa shape index (κ2) is 9.35. The van der Waals surface area contributed by atoms with Crippen LogP contribution in [0.15, 0.2) is 65.2 Å². The van der Waals surface area contributed by atoms with Gasteiger partial charge in [0.2, 0.25) is 11.8 Å². The Kier molecular flexibility index (Phi) is 6.17. The normalized spacial score (nSPS) is 15.9. The van der Waals surface area contributed by atoms with Gasteiger partial charge >= 0.3 is 0 Å². The number of aryl methyl sites for hydroxylation is 1. The van der Waals surface area contributed by atoms with E-state index in [4.69, 9.17) is 4.52 Å². The first-order valence-corrected chi connectivity index (χ1v) is 10.2. The van der Waals surface area contributed by atoms with Crippen molar-refractivity contribution in [3.63, 3.8) is 0 Å². The third kappa shape index (κ3) is 4.74. The van der Waals surface area contributed by atoms with Crippen LogP contribution in [0, 0.1) is 0 Å². The van der Waals surface area contributed by atoms with Gasteiger partial charge in [-0.25, -0.2) is 0 Å². The van der Waals surface area contributed by atoms with Gasteiger partial charge in [0.1, 0.15) is 0 Å². The molecule has 1 unspecified atom stereocenters. The number of carbonyl (C=O) groups excluding carboxylic acids is 2. The second-order valence-corrected chi connectivity index (χ2v) is 7.33. The van der Waals surface area contributed by atoms with E-state index in [0.29, 0.717) is 36.8 Å². The van der Waals surface area contributed by atoms with Crippen molar-refractivity contribution in [2.45, 2.75) is 38.3 Å². The first-order valence-electron chi connectivity index (χ1n) is 10.2. The maximum atomic E-state index is 12.8. The van der Waals surface area contributed by atoms with Crippen LogP contribution in [0.4, 0.5) is 0 Å². The molecule has 0 radical (unpaired) electrons. The standard InChI is InChI=1S/C23H24N4O3/c28-20(24-16-17-8-3-1-4-9-17)13-14-21-25-22(26-30-21)19-12-7-15-27(19)23(29)18-10-5-2-6-11-18/h1-6,8-11,19H,7,12-16H2,(H,24,28). The Balaban J connectivity index is 1.32. The number of likely N-dealkylation sites (tertiary alicyclic amines) is 1. The van der Waals surface area contributed by atoms with E-state index in [1.54, 1.807) is 4.90 Å². The number of aromatic nitrogens is 2. The number of amides is 2. The van der Waals surface area contributed by atoms with Crippen LogP contribution < -0.4 is 5.32 Å². The fourth-order valence-corrected chi connectivity index (χ4v) is 3.64. The summed E-state index contributed by atoms with van der Waals surface area (Å²) in [6.45, 7) is 1.16. The van der Waals surface area contributed by atoms with E-state index < -0.39 is 0 Å². The highest BCUT2D eigenvalue weighted by atomic mass is 16.5. The molecule has 2 heterocycles. The van der Waals surface area contributed by atoms with Gasteiger partial charge in [0.15, 0.2) is 5.82 Å². The lowest BCUT2D eigenvalue weighted by molar-refractivity contribution is -0.121. The molecule has 154 valence electrons. The number of nitrogens with one attached hydrogen (secondary N) is 1. The van der Waals surface area contributed by atoms with Crippen molar-refractivity contribution in [1.29, 1.82) is 0 Å². The lowest BCUT2D eigenvalue weighted by Crippen LogP contribution is -2.31. The largest absolute Gasteiger partial charge is 0.352 e. The third-order valence-electron chi connectivity index (χ3n) is 5.21. The van der Waals surface area contributed by atoms with Crippen molar-refractivity contribution in [3.05, 3.63) is 83.5 Å². The van der Waals surface area contributed by atoms with Gasteiger partial charge in [-0.3, -0.25) is 9.59 Å². The van der Waals surface area contributed by atoms with Crippen molar-refractivity contribution in [2.24, 2.45) is 0 Å². The summed E-state index contributed by atoms with van der Waals surface area (Å²) < 4.78 is 5.34. The fourth-order valence-electron chi connectivity index (χ4n) is 3.64. The molecule has 0 spiro atoms. The van der Waals surface area contributed by atoms with E-state index in [-0.39, 0.29) is 24.3 Å². The summed E-state index contributed by atoms with van der Waals surface area (Å²) in [6, 6.07) is 18.8. The first kappa shape index (κ1) is 19.8. The molecule has 1 N–H and O–H groups in total. The van der Waals surface area contributed by atoms with E-state index in [1.165, 1.54) is 0 Å². The molecule has 1 fully saturated rings. The van der Waals surface area contributed by atoms with Crippen LogP contribution in [0.2, 0.25) is 0 Å². The van der Waals surface area contributed by atoms with Crippen molar-refractivity contribution in [2.75, 3.05) is 6.54 Å². The van der Waals surface area contributed by atoms with Gasteiger partial charge in [0, 0.05) is 31.5 Å². The lowest BCUT2D eigenvalue weighted by Gasteiger charge is -2.22. The molecule has 3 aromatic rings. The predicted octanol–water partition coefficient (Wildman–Crippen LogP) is 3.30. The summed E-state index contributed by atoms with van der Waals surface area (Å²) in [5, 5.41) is 6.97. The Hall–Kier alpha value is -3.48. The predicted molar refractivity (Wildman–Crippen MR) is 110 cm³/mol. The number of nitrogens with zero attached hydrogens (tertiary/aromatic N) is 3. The van der Waals surface area contributed by atoms with Crippen LogP contribution in [0.3, 0.4) is 0 Å². The Morgan fingerprint density at radius 3 is 2.57 bits per heavy atom.